The Bertz CT molecular complexity index is 449. The minimum absolute atomic E-state index is 0.0433. The summed E-state index contributed by atoms with van der Waals surface area (Å²) >= 11 is 0. The summed E-state index contributed by atoms with van der Waals surface area (Å²) in [6.07, 6.45) is 3.82. The minimum atomic E-state index is -0.387. The third-order valence-corrected chi connectivity index (χ3v) is 3.34. The summed E-state index contributed by atoms with van der Waals surface area (Å²) in [5, 5.41) is 14.5. The van der Waals surface area contributed by atoms with Gasteiger partial charge in [0.25, 0.3) is 0 Å². The molecule has 0 bridgehead atoms. The first-order valence-corrected chi connectivity index (χ1v) is 7.75. The first kappa shape index (κ1) is 17.4. The molecule has 0 amide bonds. The molecule has 0 heterocycles. The first-order valence-electron chi connectivity index (χ1n) is 7.75. The van der Waals surface area contributed by atoms with Crippen LogP contribution in [-0.2, 0) is 6.42 Å². The SMILES string of the molecule is CCCNC(CC)Cc1ccc([N+](=O)[O-])c(OCCC)c1. The number of hydrogen-bond donors (Lipinski definition) is 1. The van der Waals surface area contributed by atoms with Gasteiger partial charge in [0.05, 0.1) is 11.5 Å². The fourth-order valence-electron chi connectivity index (χ4n) is 2.16. The molecule has 1 unspecified atom stereocenters. The number of nitrogens with zero attached hydrogens (tertiary/aromatic N) is 1. The Morgan fingerprint density at radius 1 is 1.29 bits per heavy atom. The molecule has 1 aromatic rings. The fraction of sp³-hybridized carbons (Fsp3) is 0.625. The summed E-state index contributed by atoms with van der Waals surface area (Å²) in [7, 11) is 0. The summed E-state index contributed by atoms with van der Waals surface area (Å²) in [6, 6.07) is 5.58. The summed E-state index contributed by atoms with van der Waals surface area (Å²) < 4.78 is 5.52. The average molecular weight is 294 g/mol. The Balaban J connectivity index is 2.85. The Labute approximate surface area is 126 Å². The maximum Gasteiger partial charge on any atom is 0.310 e. The second-order valence-electron chi connectivity index (χ2n) is 5.17. The van der Waals surface area contributed by atoms with Crippen molar-refractivity contribution in [3.05, 3.63) is 33.9 Å². The van der Waals surface area contributed by atoms with E-state index in [2.05, 4.69) is 19.2 Å². The van der Waals surface area contributed by atoms with Crippen LogP contribution in [0.3, 0.4) is 0 Å². The van der Waals surface area contributed by atoms with E-state index in [1.54, 1.807) is 6.07 Å². The molecule has 1 atom stereocenters. The number of rotatable bonds is 10. The van der Waals surface area contributed by atoms with E-state index in [9.17, 15) is 10.1 Å². The number of nitro benzene ring substituents is 1. The van der Waals surface area contributed by atoms with E-state index < -0.39 is 0 Å². The lowest BCUT2D eigenvalue weighted by atomic mass is 10.0. The fourth-order valence-corrected chi connectivity index (χ4v) is 2.16. The molecule has 0 aromatic heterocycles. The molecule has 1 N–H and O–H groups in total. The van der Waals surface area contributed by atoms with Crippen molar-refractivity contribution in [1.29, 1.82) is 0 Å². The molecule has 1 rings (SSSR count). The molecular formula is C16H26N2O3. The molecule has 0 fully saturated rings. The number of ether oxygens (including phenoxy) is 1. The van der Waals surface area contributed by atoms with Crippen molar-refractivity contribution in [2.45, 2.75) is 52.5 Å². The summed E-state index contributed by atoms with van der Waals surface area (Å²) in [6.45, 7) is 7.76. The van der Waals surface area contributed by atoms with Gasteiger partial charge < -0.3 is 10.1 Å². The molecule has 0 aliphatic carbocycles. The second kappa shape index (κ2) is 9.34. The number of nitrogens with one attached hydrogen (secondary N) is 1. The highest BCUT2D eigenvalue weighted by Gasteiger charge is 2.16. The van der Waals surface area contributed by atoms with E-state index in [1.807, 2.05) is 19.1 Å². The Morgan fingerprint density at radius 2 is 2.05 bits per heavy atom. The topological polar surface area (TPSA) is 64.4 Å². The standard InChI is InChI=1S/C16H26N2O3/c1-4-9-17-14(6-3)11-13-7-8-15(18(19)20)16(12-13)21-10-5-2/h7-8,12,14,17H,4-6,9-11H2,1-3H3. The third kappa shape index (κ3) is 5.71. The van der Waals surface area contributed by atoms with E-state index in [4.69, 9.17) is 4.74 Å². The smallest absolute Gasteiger partial charge is 0.310 e. The maximum absolute atomic E-state index is 11.0. The lowest BCUT2D eigenvalue weighted by molar-refractivity contribution is -0.385. The van der Waals surface area contributed by atoms with Crippen LogP contribution in [0, 0.1) is 10.1 Å². The highest BCUT2D eigenvalue weighted by atomic mass is 16.6. The molecule has 0 aliphatic rings. The third-order valence-electron chi connectivity index (χ3n) is 3.34. The molecule has 5 heteroatoms. The summed E-state index contributed by atoms with van der Waals surface area (Å²) in [4.78, 5) is 10.6. The predicted octanol–water partition coefficient (Wildman–Crippen LogP) is 3.70. The number of hydrogen-bond acceptors (Lipinski definition) is 4. The molecule has 0 saturated carbocycles. The van der Waals surface area contributed by atoms with Gasteiger partial charge in [-0.2, -0.15) is 0 Å². The van der Waals surface area contributed by atoms with Gasteiger partial charge in [0.1, 0.15) is 0 Å². The first-order chi connectivity index (χ1) is 10.1. The van der Waals surface area contributed by atoms with Crippen molar-refractivity contribution in [2.75, 3.05) is 13.2 Å². The van der Waals surface area contributed by atoms with Crippen molar-refractivity contribution >= 4 is 5.69 Å². The van der Waals surface area contributed by atoms with E-state index in [-0.39, 0.29) is 10.6 Å². The molecule has 21 heavy (non-hydrogen) atoms. The van der Waals surface area contributed by atoms with Crippen molar-refractivity contribution in [3.8, 4) is 5.75 Å². The lowest BCUT2D eigenvalue weighted by Gasteiger charge is -2.17. The van der Waals surface area contributed by atoms with Crippen molar-refractivity contribution in [1.82, 2.24) is 5.32 Å². The van der Waals surface area contributed by atoms with Gasteiger partial charge in [0.15, 0.2) is 5.75 Å². The van der Waals surface area contributed by atoms with Crippen LogP contribution in [0.2, 0.25) is 0 Å². The van der Waals surface area contributed by atoms with Gasteiger partial charge in [-0.25, -0.2) is 0 Å². The Kier molecular flexibility index (Phi) is 7.75. The normalized spacial score (nSPS) is 12.1. The zero-order valence-electron chi connectivity index (χ0n) is 13.2. The van der Waals surface area contributed by atoms with E-state index in [0.29, 0.717) is 18.4 Å². The van der Waals surface area contributed by atoms with Crippen LogP contribution in [0.25, 0.3) is 0 Å². The van der Waals surface area contributed by atoms with E-state index >= 15 is 0 Å². The number of benzene rings is 1. The Morgan fingerprint density at radius 3 is 2.62 bits per heavy atom. The molecular weight excluding hydrogens is 268 g/mol. The van der Waals surface area contributed by atoms with Crippen LogP contribution in [0.1, 0.15) is 45.6 Å². The van der Waals surface area contributed by atoms with Gasteiger partial charge in [-0.15, -0.1) is 0 Å². The van der Waals surface area contributed by atoms with Crippen molar-refractivity contribution in [3.63, 3.8) is 0 Å². The average Bonchev–Trinajstić information content (AvgIpc) is 2.49. The zero-order chi connectivity index (χ0) is 15.7. The largest absolute Gasteiger partial charge is 0.487 e. The van der Waals surface area contributed by atoms with Crippen LogP contribution in [0.4, 0.5) is 5.69 Å². The summed E-state index contributed by atoms with van der Waals surface area (Å²) in [5.41, 5.74) is 1.11. The van der Waals surface area contributed by atoms with Crippen LogP contribution in [0.5, 0.6) is 5.75 Å². The predicted molar refractivity (Wildman–Crippen MR) is 85.0 cm³/mol. The zero-order valence-corrected chi connectivity index (χ0v) is 13.2. The van der Waals surface area contributed by atoms with Crippen LogP contribution in [-0.4, -0.2) is 24.1 Å². The highest BCUT2D eigenvalue weighted by Crippen LogP contribution is 2.28. The van der Waals surface area contributed by atoms with E-state index in [1.165, 1.54) is 0 Å². The van der Waals surface area contributed by atoms with Crippen LogP contribution in [0.15, 0.2) is 18.2 Å². The molecule has 118 valence electrons. The molecule has 0 spiro atoms. The lowest BCUT2D eigenvalue weighted by Crippen LogP contribution is -2.31. The van der Waals surface area contributed by atoms with Crippen molar-refractivity contribution < 1.29 is 9.66 Å². The quantitative estimate of drug-likeness (QED) is 0.528. The van der Waals surface area contributed by atoms with Gasteiger partial charge in [-0.05, 0) is 43.9 Å². The summed E-state index contributed by atoms with van der Waals surface area (Å²) in [5.74, 6) is 0.379. The van der Waals surface area contributed by atoms with Crippen LogP contribution < -0.4 is 10.1 Å². The Hall–Kier alpha value is -1.62. The maximum atomic E-state index is 11.0. The van der Waals surface area contributed by atoms with Gasteiger partial charge in [0.2, 0.25) is 0 Å². The second-order valence-corrected chi connectivity index (χ2v) is 5.17. The minimum Gasteiger partial charge on any atom is -0.487 e. The van der Waals surface area contributed by atoms with Crippen molar-refractivity contribution in [2.24, 2.45) is 0 Å². The number of nitro groups is 1. The molecule has 0 aliphatic heterocycles. The van der Waals surface area contributed by atoms with Crippen LogP contribution >= 0.6 is 0 Å². The van der Waals surface area contributed by atoms with E-state index in [0.717, 1.165) is 37.8 Å². The molecule has 0 saturated heterocycles. The van der Waals surface area contributed by atoms with Gasteiger partial charge in [0, 0.05) is 12.1 Å². The van der Waals surface area contributed by atoms with Gasteiger partial charge in [-0.3, -0.25) is 10.1 Å². The van der Waals surface area contributed by atoms with Gasteiger partial charge in [-0.1, -0.05) is 26.8 Å². The molecule has 0 radical (unpaired) electrons. The monoisotopic (exact) mass is 294 g/mol. The highest BCUT2D eigenvalue weighted by molar-refractivity contribution is 5.48. The molecule has 5 nitrogen and oxygen atoms in total. The van der Waals surface area contributed by atoms with Gasteiger partial charge >= 0.3 is 5.69 Å². The molecule has 1 aromatic carbocycles.